The van der Waals surface area contributed by atoms with Crippen LogP contribution in [0.4, 0.5) is 4.70 Å². The lowest BCUT2D eigenvalue weighted by Gasteiger charge is -2.19. The highest BCUT2D eigenvalue weighted by atomic mass is 28.3. The van der Waals surface area contributed by atoms with Crippen molar-refractivity contribution in [3.63, 3.8) is 0 Å². The van der Waals surface area contributed by atoms with Gasteiger partial charge in [-0.2, -0.15) is 0 Å². The second kappa shape index (κ2) is 4.38. The normalized spacial score (nSPS) is 10.6. The second-order valence-electron chi connectivity index (χ2n) is 3.45. The van der Waals surface area contributed by atoms with Gasteiger partial charge >= 0.3 is 0 Å². The van der Waals surface area contributed by atoms with Crippen molar-refractivity contribution < 1.29 is 4.70 Å². The molecule has 12 heavy (non-hydrogen) atoms. The lowest BCUT2D eigenvalue weighted by molar-refractivity contribution is 1.11. The Balaban J connectivity index is 0.00000121. The van der Waals surface area contributed by atoms with E-state index in [0.717, 1.165) is 6.17 Å². The third-order valence-corrected chi connectivity index (χ3v) is 4.98. The average molecular weight is 185 g/mol. The summed E-state index contributed by atoms with van der Waals surface area (Å²) in [5.74, 6) is 0. The molecular weight excluding hydrogens is 169 g/mol. The topological polar surface area (TPSA) is 26.0 Å². The monoisotopic (exact) mass is 185 g/mol. The first-order valence-corrected chi connectivity index (χ1v) is 7.13. The van der Waals surface area contributed by atoms with E-state index in [-0.39, 0.29) is 4.70 Å². The van der Waals surface area contributed by atoms with Crippen LogP contribution in [-0.2, 0) is 0 Å². The molecule has 0 atom stereocenters. The fraction of sp³-hybridized carbons (Fsp3) is 0.333. The van der Waals surface area contributed by atoms with Crippen molar-refractivity contribution in [1.82, 2.24) is 0 Å². The van der Waals surface area contributed by atoms with Crippen molar-refractivity contribution in [1.29, 1.82) is 0 Å². The minimum Gasteiger partial charge on any atom is -0.333 e. The summed E-state index contributed by atoms with van der Waals surface area (Å²) in [4.78, 5) is 0. The predicted molar refractivity (Wildman–Crippen MR) is 55.1 cm³/mol. The fourth-order valence-corrected chi connectivity index (χ4v) is 2.34. The van der Waals surface area contributed by atoms with Crippen molar-refractivity contribution >= 4 is 13.3 Å². The molecule has 0 unspecified atom stereocenters. The van der Waals surface area contributed by atoms with E-state index < -0.39 is 8.07 Å². The van der Waals surface area contributed by atoms with Crippen LogP contribution in [0.25, 0.3) is 0 Å². The van der Waals surface area contributed by atoms with Gasteiger partial charge < -0.3 is 5.73 Å². The molecule has 0 heterocycles. The molecule has 1 rings (SSSR count). The number of nitrogens with two attached hydrogens (primary N) is 1. The molecule has 0 aliphatic rings. The van der Waals surface area contributed by atoms with Crippen LogP contribution in [0.3, 0.4) is 0 Å². The van der Waals surface area contributed by atoms with Crippen LogP contribution < -0.4 is 10.9 Å². The van der Waals surface area contributed by atoms with Gasteiger partial charge in [0.15, 0.2) is 0 Å². The van der Waals surface area contributed by atoms with Gasteiger partial charge in [-0.05, 0) is 6.17 Å². The van der Waals surface area contributed by atoms with Crippen molar-refractivity contribution in [2.45, 2.75) is 13.1 Å². The molecule has 0 bridgehead atoms. The summed E-state index contributed by atoms with van der Waals surface area (Å²) >= 11 is 0. The molecule has 3 heteroatoms. The first kappa shape index (κ1) is 11.3. The van der Waals surface area contributed by atoms with Crippen LogP contribution in [-0.4, -0.2) is 14.2 Å². The molecule has 0 aromatic heterocycles. The highest BCUT2D eigenvalue weighted by Gasteiger charge is 2.19. The van der Waals surface area contributed by atoms with Gasteiger partial charge in [-0.3, -0.25) is 4.70 Å². The van der Waals surface area contributed by atoms with Crippen LogP contribution in [0, 0.1) is 0 Å². The van der Waals surface area contributed by atoms with E-state index in [2.05, 4.69) is 37.4 Å². The maximum atomic E-state index is 5.70. The average Bonchev–Trinajstić information content (AvgIpc) is 2.06. The van der Waals surface area contributed by atoms with E-state index in [4.69, 9.17) is 5.73 Å². The molecule has 1 nitrogen and oxygen atoms in total. The maximum absolute atomic E-state index is 5.70. The maximum Gasteiger partial charge on any atom is 0.0942 e. The van der Waals surface area contributed by atoms with E-state index in [9.17, 15) is 0 Å². The standard InChI is InChI=1S/C9H15NSi.FH/c1-11(2,8-10)9-6-4-3-5-7-9;/h3-7H,8,10H2,1-2H3;1H. The molecule has 0 amide bonds. The first-order chi connectivity index (χ1) is 5.17. The summed E-state index contributed by atoms with van der Waals surface area (Å²) in [5.41, 5.74) is 5.70. The highest BCUT2D eigenvalue weighted by Crippen LogP contribution is 1.99. The summed E-state index contributed by atoms with van der Waals surface area (Å²) in [7, 11) is -1.28. The summed E-state index contributed by atoms with van der Waals surface area (Å²) in [6, 6.07) is 10.6. The first-order valence-electron chi connectivity index (χ1n) is 3.92. The molecule has 1 aromatic carbocycles. The molecule has 0 saturated heterocycles. The van der Waals surface area contributed by atoms with Gasteiger partial charge in [0.05, 0.1) is 8.07 Å². The van der Waals surface area contributed by atoms with Gasteiger partial charge in [0.1, 0.15) is 0 Å². The third-order valence-electron chi connectivity index (χ3n) is 2.07. The van der Waals surface area contributed by atoms with Crippen molar-refractivity contribution in [3.8, 4) is 0 Å². The molecule has 2 N–H and O–H groups in total. The predicted octanol–water partition coefficient (Wildman–Crippen LogP) is 1.25. The van der Waals surface area contributed by atoms with Crippen LogP contribution in [0.2, 0.25) is 13.1 Å². The van der Waals surface area contributed by atoms with Gasteiger partial charge in [0.25, 0.3) is 0 Å². The van der Waals surface area contributed by atoms with Crippen LogP contribution in [0.5, 0.6) is 0 Å². The SMILES string of the molecule is C[Si](C)(CN)c1ccccc1.F. The lowest BCUT2D eigenvalue weighted by atomic mass is 10.4. The smallest absolute Gasteiger partial charge is 0.0942 e. The van der Waals surface area contributed by atoms with Crippen molar-refractivity contribution in [2.24, 2.45) is 5.73 Å². The van der Waals surface area contributed by atoms with Gasteiger partial charge in [0, 0.05) is 0 Å². The van der Waals surface area contributed by atoms with Crippen molar-refractivity contribution in [3.05, 3.63) is 30.3 Å². The molecule has 0 spiro atoms. The minimum absolute atomic E-state index is 0. The fourth-order valence-electron chi connectivity index (χ4n) is 1.01. The summed E-state index contributed by atoms with van der Waals surface area (Å²) in [5, 5.41) is 1.45. The van der Waals surface area contributed by atoms with E-state index in [1.54, 1.807) is 0 Å². The van der Waals surface area contributed by atoms with Crippen LogP contribution in [0.15, 0.2) is 30.3 Å². The second-order valence-corrected chi connectivity index (χ2v) is 8.21. The Morgan fingerprint density at radius 2 is 1.67 bits per heavy atom. The minimum atomic E-state index is -1.28. The zero-order valence-corrected chi connectivity index (χ0v) is 8.58. The molecule has 0 fully saturated rings. The number of benzene rings is 1. The van der Waals surface area contributed by atoms with Gasteiger partial charge in [-0.1, -0.05) is 48.6 Å². The Labute approximate surface area is 74.0 Å². The van der Waals surface area contributed by atoms with E-state index in [0.29, 0.717) is 0 Å². The van der Waals surface area contributed by atoms with E-state index in [1.807, 2.05) is 6.07 Å². The summed E-state index contributed by atoms with van der Waals surface area (Å²) in [6.07, 6.45) is 0.830. The number of hydrogen-bond acceptors (Lipinski definition) is 1. The number of halogens is 1. The van der Waals surface area contributed by atoms with Crippen LogP contribution >= 0.6 is 0 Å². The number of hydrogen-bond donors (Lipinski definition) is 1. The Hall–Kier alpha value is -0.673. The molecular formula is C9H16FNSi. The Bertz CT molecular complexity index is 223. The van der Waals surface area contributed by atoms with E-state index >= 15 is 0 Å². The van der Waals surface area contributed by atoms with Crippen molar-refractivity contribution in [2.75, 3.05) is 6.17 Å². The van der Waals surface area contributed by atoms with Gasteiger partial charge in [-0.15, -0.1) is 0 Å². The Kier molecular flexibility index (Phi) is 4.13. The largest absolute Gasteiger partial charge is 0.333 e. The van der Waals surface area contributed by atoms with E-state index in [1.165, 1.54) is 5.19 Å². The molecule has 1 aromatic rings. The Morgan fingerprint density at radius 1 is 1.17 bits per heavy atom. The zero-order chi connectivity index (χ0) is 8.32. The highest BCUT2D eigenvalue weighted by molar-refractivity contribution is 6.89. The number of rotatable bonds is 2. The van der Waals surface area contributed by atoms with Crippen LogP contribution in [0.1, 0.15) is 0 Å². The molecule has 0 aliphatic heterocycles. The molecule has 68 valence electrons. The van der Waals surface area contributed by atoms with Gasteiger partial charge in [0.2, 0.25) is 0 Å². The zero-order valence-electron chi connectivity index (χ0n) is 7.58. The third kappa shape index (κ3) is 2.43. The molecule has 0 saturated carbocycles. The van der Waals surface area contributed by atoms with Gasteiger partial charge in [-0.25, -0.2) is 0 Å². The quantitative estimate of drug-likeness (QED) is 0.690. The summed E-state index contributed by atoms with van der Waals surface area (Å²) in [6.45, 7) is 4.59. The summed E-state index contributed by atoms with van der Waals surface area (Å²) < 4.78 is 0. The lowest BCUT2D eigenvalue weighted by Crippen LogP contribution is -2.48. The Morgan fingerprint density at radius 3 is 2.08 bits per heavy atom. The molecule has 0 radical (unpaired) electrons. The molecule has 0 aliphatic carbocycles.